The molecule has 1 heterocycles. The van der Waals surface area contributed by atoms with Crippen molar-refractivity contribution < 1.29 is 28.2 Å². The first-order valence-corrected chi connectivity index (χ1v) is 10.3. The molecular formula is C23H21ClF3NO3. The van der Waals surface area contributed by atoms with Crippen molar-refractivity contribution in [1.29, 1.82) is 0 Å². The van der Waals surface area contributed by atoms with E-state index < -0.39 is 36.1 Å². The molecule has 0 aromatic heterocycles. The molecule has 8 heteroatoms. The first kappa shape index (κ1) is 21.7. The van der Waals surface area contributed by atoms with Crippen LogP contribution in [0.3, 0.4) is 0 Å². The maximum Gasteiger partial charge on any atom is 0.417 e. The summed E-state index contributed by atoms with van der Waals surface area (Å²) in [4.78, 5) is 12.8. The largest absolute Gasteiger partial charge is 0.509 e. The zero-order valence-corrected chi connectivity index (χ0v) is 17.4. The summed E-state index contributed by atoms with van der Waals surface area (Å²) in [6, 6.07) is 12.6. The number of halogens is 4. The molecule has 0 bridgehead atoms. The third-order valence-electron chi connectivity index (χ3n) is 6.41. The molecule has 1 spiro atoms. The van der Waals surface area contributed by atoms with Crippen LogP contribution in [0, 0.1) is 6.92 Å². The van der Waals surface area contributed by atoms with E-state index in [0.717, 1.165) is 16.7 Å². The lowest BCUT2D eigenvalue weighted by atomic mass is 9.73. The van der Waals surface area contributed by atoms with Crippen LogP contribution in [-0.4, -0.2) is 33.4 Å². The Morgan fingerprint density at radius 3 is 2.16 bits per heavy atom. The highest BCUT2D eigenvalue weighted by atomic mass is 35.5. The summed E-state index contributed by atoms with van der Waals surface area (Å²) in [5, 5.41) is 24.2. The Morgan fingerprint density at radius 2 is 1.58 bits per heavy atom. The number of carbonyl (C=O) groups excluding carboxylic acids is 1. The molecule has 3 N–H and O–H groups in total. The molecule has 1 aliphatic carbocycles. The van der Waals surface area contributed by atoms with Crippen LogP contribution in [0.25, 0.3) is 16.7 Å². The lowest BCUT2D eigenvalue weighted by molar-refractivity contribution is -0.272. The maximum atomic E-state index is 13.2. The Balaban J connectivity index is 1.72. The molecule has 0 saturated heterocycles. The third kappa shape index (κ3) is 3.59. The highest BCUT2D eigenvalue weighted by molar-refractivity contribution is 6.30. The smallest absolute Gasteiger partial charge is 0.417 e. The van der Waals surface area contributed by atoms with Crippen LogP contribution in [-0.2, 0) is 4.79 Å². The van der Waals surface area contributed by atoms with Crippen LogP contribution >= 0.6 is 11.6 Å². The fourth-order valence-electron chi connectivity index (χ4n) is 4.38. The van der Waals surface area contributed by atoms with Crippen LogP contribution in [0.2, 0.25) is 5.02 Å². The molecule has 31 heavy (non-hydrogen) atoms. The van der Waals surface area contributed by atoms with Gasteiger partial charge in [-0.25, -0.2) is 0 Å². The average molecular weight is 452 g/mol. The van der Waals surface area contributed by atoms with Gasteiger partial charge in [0, 0.05) is 5.02 Å². The molecule has 4 rings (SSSR count). The number of benzene rings is 2. The van der Waals surface area contributed by atoms with E-state index in [1.807, 2.05) is 24.3 Å². The molecule has 1 fully saturated rings. The van der Waals surface area contributed by atoms with Crippen LogP contribution in [0.15, 0.2) is 48.2 Å². The third-order valence-corrected chi connectivity index (χ3v) is 6.66. The van der Waals surface area contributed by atoms with Crippen molar-refractivity contribution in [1.82, 2.24) is 5.32 Å². The number of aryl methyl sites for hydroxylation is 1. The molecule has 2 aliphatic rings. The van der Waals surface area contributed by atoms with Crippen LogP contribution in [0.5, 0.6) is 0 Å². The predicted molar refractivity (Wildman–Crippen MR) is 112 cm³/mol. The van der Waals surface area contributed by atoms with Gasteiger partial charge >= 0.3 is 6.18 Å². The summed E-state index contributed by atoms with van der Waals surface area (Å²) in [6.07, 6.45) is -6.38. The van der Waals surface area contributed by atoms with Crippen molar-refractivity contribution in [2.45, 2.75) is 49.9 Å². The number of nitrogens with one attached hydrogen (secondary N) is 1. The van der Waals surface area contributed by atoms with E-state index >= 15 is 0 Å². The quantitative estimate of drug-likeness (QED) is 0.578. The first-order chi connectivity index (χ1) is 14.5. The molecule has 0 atom stereocenters. The molecule has 0 radical (unpaired) electrons. The normalized spacial score (nSPS) is 26.5. The van der Waals surface area contributed by atoms with Crippen LogP contribution < -0.4 is 5.32 Å². The van der Waals surface area contributed by atoms with Crippen molar-refractivity contribution in [2.75, 3.05) is 0 Å². The van der Waals surface area contributed by atoms with Gasteiger partial charge in [-0.1, -0.05) is 35.9 Å². The van der Waals surface area contributed by atoms with Gasteiger partial charge in [0.05, 0.1) is 11.1 Å². The Labute approximate surface area is 182 Å². The average Bonchev–Trinajstić information content (AvgIpc) is 2.94. The number of carbonyl (C=O) groups is 1. The van der Waals surface area contributed by atoms with Crippen molar-refractivity contribution in [3.8, 4) is 11.1 Å². The van der Waals surface area contributed by atoms with Gasteiger partial charge in [-0.3, -0.25) is 4.79 Å². The van der Waals surface area contributed by atoms with Gasteiger partial charge < -0.3 is 15.5 Å². The molecule has 164 valence electrons. The zero-order chi connectivity index (χ0) is 22.6. The van der Waals surface area contributed by atoms with E-state index in [1.54, 1.807) is 25.1 Å². The van der Waals surface area contributed by atoms with Gasteiger partial charge in [0.2, 0.25) is 0 Å². The second-order valence-corrected chi connectivity index (χ2v) is 8.76. The number of aliphatic hydroxyl groups excluding tert-OH is 1. The van der Waals surface area contributed by atoms with E-state index in [1.165, 1.54) is 0 Å². The molecule has 2 aromatic carbocycles. The van der Waals surface area contributed by atoms with Gasteiger partial charge in [0.15, 0.2) is 5.60 Å². The monoisotopic (exact) mass is 451 g/mol. The summed E-state index contributed by atoms with van der Waals surface area (Å²) in [7, 11) is 0. The lowest BCUT2D eigenvalue weighted by Crippen LogP contribution is -2.56. The van der Waals surface area contributed by atoms with E-state index in [0.29, 0.717) is 10.6 Å². The van der Waals surface area contributed by atoms with E-state index in [4.69, 9.17) is 11.6 Å². The van der Waals surface area contributed by atoms with E-state index in [9.17, 15) is 28.2 Å². The summed E-state index contributed by atoms with van der Waals surface area (Å²) in [5.41, 5.74) is -1.12. The van der Waals surface area contributed by atoms with Gasteiger partial charge in [-0.15, -0.1) is 0 Å². The lowest BCUT2D eigenvalue weighted by Gasteiger charge is -2.42. The SMILES string of the molecule is Cc1ccc(-c2ccc(Cl)cc2)cc1C1=C(O)C2(CCC(O)(C(F)(F)F)CC2)NC1=O. The number of aliphatic hydroxyl groups is 2. The predicted octanol–water partition coefficient (Wildman–Crippen LogP) is 5.32. The Morgan fingerprint density at radius 1 is 1.00 bits per heavy atom. The summed E-state index contributed by atoms with van der Waals surface area (Å²) in [6.45, 7) is 1.79. The van der Waals surface area contributed by atoms with Gasteiger partial charge in [-0.2, -0.15) is 13.2 Å². The van der Waals surface area contributed by atoms with Crippen molar-refractivity contribution in [2.24, 2.45) is 0 Å². The Bertz CT molecular complexity index is 1070. The summed E-state index contributed by atoms with van der Waals surface area (Å²) in [5.74, 6) is -0.801. The molecular weight excluding hydrogens is 431 g/mol. The van der Waals surface area contributed by atoms with Crippen molar-refractivity contribution in [3.05, 3.63) is 64.4 Å². The number of amides is 1. The Hall–Kier alpha value is -2.51. The number of hydrogen-bond acceptors (Lipinski definition) is 3. The fraction of sp³-hybridized carbons (Fsp3) is 0.348. The van der Waals surface area contributed by atoms with Crippen molar-refractivity contribution >= 4 is 23.1 Å². The van der Waals surface area contributed by atoms with Gasteiger partial charge in [-0.05, 0) is 73.1 Å². The summed E-state index contributed by atoms with van der Waals surface area (Å²) < 4.78 is 39.5. The minimum absolute atomic E-state index is 0.0609. The Kier molecular flexibility index (Phi) is 5.10. The second kappa shape index (κ2) is 7.28. The van der Waals surface area contributed by atoms with Crippen molar-refractivity contribution in [3.63, 3.8) is 0 Å². The summed E-state index contributed by atoms with van der Waals surface area (Å²) >= 11 is 5.95. The van der Waals surface area contributed by atoms with E-state index in [2.05, 4.69) is 5.32 Å². The molecule has 4 nitrogen and oxygen atoms in total. The first-order valence-electron chi connectivity index (χ1n) is 9.88. The maximum absolute atomic E-state index is 13.2. The molecule has 0 unspecified atom stereocenters. The van der Waals surface area contributed by atoms with Gasteiger partial charge in [0.25, 0.3) is 5.91 Å². The molecule has 1 amide bonds. The van der Waals surface area contributed by atoms with Crippen LogP contribution in [0.1, 0.15) is 36.8 Å². The molecule has 2 aromatic rings. The standard InChI is InChI=1S/C23H21ClF3NO3/c1-13-2-3-15(14-4-6-16(24)7-5-14)12-17(13)18-19(29)21(28-20(18)30)8-10-22(31,11-9-21)23(25,26)27/h2-7,12,29,31H,8-11H2,1H3,(H,28,30). The molecule has 1 saturated carbocycles. The number of rotatable bonds is 2. The topological polar surface area (TPSA) is 69.6 Å². The highest BCUT2D eigenvalue weighted by Crippen LogP contribution is 2.49. The van der Waals surface area contributed by atoms with Gasteiger partial charge in [0.1, 0.15) is 5.76 Å². The fourth-order valence-corrected chi connectivity index (χ4v) is 4.51. The zero-order valence-electron chi connectivity index (χ0n) is 16.7. The number of hydrogen-bond donors (Lipinski definition) is 3. The second-order valence-electron chi connectivity index (χ2n) is 8.33. The highest BCUT2D eigenvalue weighted by Gasteiger charge is 2.59. The minimum Gasteiger partial charge on any atom is -0.509 e. The number of alkyl halides is 3. The van der Waals surface area contributed by atoms with E-state index in [-0.39, 0.29) is 24.2 Å². The minimum atomic E-state index is -4.76. The molecule has 1 aliphatic heterocycles. The van der Waals surface area contributed by atoms with Crippen LogP contribution in [0.4, 0.5) is 13.2 Å².